The van der Waals surface area contributed by atoms with Crippen LogP contribution in [0.25, 0.3) is 0 Å². The van der Waals surface area contributed by atoms with Crippen molar-refractivity contribution >= 4 is 11.8 Å². The minimum atomic E-state index is -0.0760. The Hall–Kier alpha value is -1.91. The van der Waals surface area contributed by atoms with Crippen LogP contribution in [0.3, 0.4) is 0 Å². The molecule has 0 unspecified atom stereocenters. The van der Waals surface area contributed by atoms with Gasteiger partial charge in [-0.1, -0.05) is 12.8 Å². The number of nitrogens with zero attached hydrogens (tertiary/aromatic N) is 2. The summed E-state index contributed by atoms with van der Waals surface area (Å²) in [5, 5.41) is 3.02. The van der Waals surface area contributed by atoms with E-state index < -0.39 is 0 Å². The summed E-state index contributed by atoms with van der Waals surface area (Å²) >= 11 is 0. The van der Waals surface area contributed by atoms with E-state index in [0.717, 1.165) is 31.2 Å². The van der Waals surface area contributed by atoms with Crippen LogP contribution in [0.5, 0.6) is 0 Å². The molecule has 1 aromatic heterocycles. The zero-order valence-electron chi connectivity index (χ0n) is 11.6. The van der Waals surface area contributed by atoms with E-state index >= 15 is 0 Å². The van der Waals surface area contributed by atoms with Gasteiger partial charge >= 0.3 is 0 Å². The van der Waals surface area contributed by atoms with Crippen molar-refractivity contribution in [2.24, 2.45) is 0 Å². The normalized spacial score (nSPS) is 25.9. The lowest BCUT2D eigenvalue weighted by molar-refractivity contribution is -0.127. The number of fused-ring (bicyclic) bond motifs is 1. The Balaban J connectivity index is 1.86. The average Bonchev–Trinajstić information content (AvgIpc) is 2.45. The third kappa shape index (κ3) is 2.40. The van der Waals surface area contributed by atoms with E-state index in [2.05, 4.69) is 10.3 Å². The van der Waals surface area contributed by atoms with Gasteiger partial charge in [0.1, 0.15) is 6.54 Å². The summed E-state index contributed by atoms with van der Waals surface area (Å²) in [5.74, 6) is -0.130. The molecule has 2 atom stereocenters. The number of hydrogen-bond donors (Lipinski definition) is 1. The predicted molar refractivity (Wildman–Crippen MR) is 74.2 cm³/mol. The Kier molecular flexibility index (Phi) is 3.42. The Morgan fingerprint density at radius 2 is 2.15 bits per heavy atom. The summed E-state index contributed by atoms with van der Waals surface area (Å²) in [6.07, 6.45) is 7.48. The number of aromatic nitrogens is 1. The van der Waals surface area contributed by atoms with Crippen LogP contribution in [-0.2, 0) is 4.79 Å². The van der Waals surface area contributed by atoms with E-state index in [0.29, 0.717) is 5.56 Å². The predicted octanol–water partition coefficient (Wildman–Crippen LogP) is 1.27. The number of aryl methyl sites for hydroxylation is 1. The van der Waals surface area contributed by atoms with Crippen molar-refractivity contribution in [3.05, 3.63) is 29.6 Å². The fraction of sp³-hybridized carbons (Fsp3) is 0.533. The van der Waals surface area contributed by atoms with Crippen LogP contribution in [0, 0.1) is 6.92 Å². The second-order valence-electron chi connectivity index (χ2n) is 5.71. The second-order valence-corrected chi connectivity index (χ2v) is 5.71. The highest BCUT2D eigenvalue weighted by atomic mass is 16.2. The van der Waals surface area contributed by atoms with E-state index in [-0.39, 0.29) is 30.4 Å². The lowest BCUT2D eigenvalue weighted by atomic mass is 9.87. The molecule has 0 spiro atoms. The number of amides is 2. The molecule has 3 rings (SSSR count). The molecule has 1 aromatic rings. The summed E-state index contributed by atoms with van der Waals surface area (Å²) in [5.41, 5.74) is 1.53. The molecule has 1 N–H and O–H groups in total. The minimum Gasteiger partial charge on any atom is -0.350 e. The van der Waals surface area contributed by atoms with Crippen LogP contribution < -0.4 is 5.32 Å². The van der Waals surface area contributed by atoms with Gasteiger partial charge < -0.3 is 10.2 Å². The van der Waals surface area contributed by atoms with E-state index in [1.54, 1.807) is 17.3 Å². The van der Waals surface area contributed by atoms with E-state index in [1.165, 1.54) is 0 Å². The maximum atomic E-state index is 12.7. The third-order valence-corrected chi connectivity index (χ3v) is 4.17. The number of carbonyl (C=O) groups is 2. The number of rotatable bonds is 1. The molecule has 2 heterocycles. The Morgan fingerprint density at radius 1 is 1.35 bits per heavy atom. The minimum absolute atomic E-state index is 0.0536. The molecule has 20 heavy (non-hydrogen) atoms. The second kappa shape index (κ2) is 5.23. The third-order valence-electron chi connectivity index (χ3n) is 4.17. The van der Waals surface area contributed by atoms with Gasteiger partial charge in [0.2, 0.25) is 5.91 Å². The maximum Gasteiger partial charge on any atom is 0.256 e. The van der Waals surface area contributed by atoms with Crippen molar-refractivity contribution in [1.82, 2.24) is 15.2 Å². The number of piperazine rings is 1. The quantitative estimate of drug-likeness (QED) is 0.838. The van der Waals surface area contributed by atoms with Crippen molar-refractivity contribution in [3.8, 4) is 0 Å². The van der Waals surface area contributed by atoms with Gasteiger partial charge in [0, 0.05) is 18.4 Å². The van der Waals surface area contributed by atoms with Gasteiger partial charge in [0.25, 0.3) is 5.91 Å². The largest absolute Gasteiger partial charge is 0.350 e. The van der Waals surface area contributed by atoms with Gasteiger partial charge in [0.15, 0.2) is 0 Å². The smallest absolute Gasteiger partial charge is 0.256 e. The molecule has 1 aliphatic carbocycles. The number of pyridine rings is 1. The van der Waals surface area contributed by atoms with Gasteiger partial charge in [-0.25, -0.2) is 0 Å². The molecule has 1 aliphatic heterocycles. The molecule has 0 radical (unpaired) electrons. The van der Waals surface area contributed by atoms with Crippen molar-refractivity contribution in [2.45, 2.75) is 44.7 Å². The first-order valence-electron chi connectivity index (χ1n) is 7.17. The van der Waals surface area contributed by atoms with Gasteiger partial charge in [-0.15, -0.1) is 0 Å². The lowest BCUT2D eigenvalue weighted by Crippen LogP contribution is -2.62. The van der Waals surface area contributed by atoms with E-state index in [1.807, 2.05) is 13.0 Å². The number of nitrogens with one attached hydrogen (secondary N) is 1. The molecule has 2 aliphatic rings. The van der Waals surface area contributed by atoms with Crippen molar-refractivity contribution in [3.63, 3.8) is 0 Å². The SMILES string of the molecule is Cc1cncc(C(=O)N2CC(=O)N[C@@H]3CCCC[C@H]32)c1. The van der Waals surface area contributed by atoms with Gasteiger partial charge in [-0.2, -0.15) is 0 Å². The van der Waals surface area contributed by atoms with Crippen molar-refractivity contribution < 1.29 is 9.59 Å². The Labute approximate surface area is 118 Å². The zero-order chi connectivity index (χ0) is 14.1. The van der Waals surface area contributed by atoms with E-state index in [9.17, 15) is 9.59 Å². The fourth-order valence-corrected chi connectivity index (χ4v) is 3.24. The molecular formula is C15H19N3O2. The Morgan fingerprint density at radius 3 is 2.95 bits per heavy atom. The molecular weight excluding hydrogens is 254 g/mol. The first-order valence-corrected chi connectivity index (χ1v) is 7.17. The molecule has 106 valence electrons. The highest BCUT2D eigenvalue weighted by Gasteiger charge is 2.39. The summed E-state index contributed by atoms with van der Waals surface area (Å²) in [6, 6.07) is 2.08. The summed E-state index contributed by atoms with van der Waals surface area (Å²) in [7, 11) is 0. The zero-order valence-corrected chi connectivity index (χ0v) is 11.6. The molecule has 2 amide bonds. The van der Waals surface area contributed by atoms with Crippen LogP contribution in [-0.4, -0.2) is 40.3 Å². The Bertz CT molecular complexity index is 544. The number of hydrogen-bond acceptors (Lipinski definition) is 3. The van der Waals surface area contributed by atoms with Crippen LogP contribution in [0.4, 0.5) is 0 Å². The fourth-order valence-electron chi connectivity index (χ4n) is 3.24. The number of carbonyl (C=O) groups excluding carboxylic acids is 2. The maximum absolute atomic E-state index is 12.7. The van der Waals surface area contributed by atoms with Crippen LogP contribution in [0.15, 0.2) is 18.5 Å². The monoisotopic (exact) mass is 273 g/mol. The van der Waals surface area contributed by atoms with Crippen LogP contribution in [0.1, 0.15) is 41.6 Å². The van der Waals surface area contributed by atoms with E-state index in [4.69, 9.17) is 0 Å². The summed E-state index contributed by atoms with van der Waals surface area (Å²) < 4.78 is 0. The molecule has 0 aromatic carbocycles. The van der Waals surface area contributed by atoms with Crippen molar-refractivity contribution in [2.75, 3.05) is 6.54 Å². The first kappa shape index (κ1) is 13.1. The summed E-state index contributed by atoms with van der Waals surface area (Å²) in [6.45, 7) is 2.07. The van der Waals surface area contributed by atoms with Gasteiger partial charge in [-0.3, -0.25) is 14.6 Å². The molecule has 2 fully saturated rings. The first-order chi connectivity index (χ1) is 9.65. The molecule has 1 saturated heterocycles. The molecule has 1 saturated carbocycles. The van der Waals surface area contributed by atoms with Gasteiger partial charge in [0.05, 0.1) is 11.6 Å². The standard InChI is InChI=1S/C15H19N3O2/c1-10-6-11(8-16-7-10)15(20)18-9-14(19)17-12-4-2-3-5-13(12)18/h6-8,12-13H,2-5,9H2,1H3,(H,17,19)/t12-,13-/m1/s1. The molecule has 0 bridgehead atoms. The highest BCUT2D eigenvalue weighted by molar-refractivity contribution is 5.97. The lowest BCUT2D eigenvalue weighted by Gasteiger charge is -2.43. The molecule has 5 nitrogen and oxygen atoms in total. The van der Waals surface area contributed by atoms with Gasteiger partial charge in [-0.05, 0) is 31.4 Å². The summed E-state index contributed by atoms with van der Waals surface area (Å²) in [4.78, 5) is 30.3. The van der Waals surface area contributed by atoms with Crippen LogP contribution in [0.2, 0.25) is 0 Å². The van der Waals surface area contributed by atoms with Crippen molar-refractivity contribution in [1.29, 1.82) is 0 Å². The molecule has 5 heteroatoms. The highest BCUT2D eigenvalue weighted by Crippen LogP contribution is 2.27. The topological polar surface area (TPSA) is 62.3 Å². The van der Waals surface area contributed by atoms with Crippen LogP contribution >= 0.6 is 0 Å². The average molecular weight is 273 g/mol.